The van der Waals surface area contributed by atoms with Gasteiger partial charge in [-0.05, 0) is 36.2 Å². The number of carbonyl (C=O) groups excluding carboxylic acids is 1. The van der Waals surface area contributed by atoms with Crippen molar-refractivity contribution in [1.29, 1.82) is 0 Å². The molecule has 182 valence electrons. The topological polar surface area (TPSA) is 138 Å². The minimum absolute atomic E-state index is 0.0429. The van der Waals surface area contributed by atoms with E-state index in [0.29, 0.717) is 40.5 Å². The molecule has 6 aromatic rings. The third kappa shape index (κ3) is 4.40. The molecular formula is C27H23N9O. The van der Waals surface area contributed by atoms with E-state index in [4.69, 9.17) is 9.97 Å². The fraction of sp³-hybridized carbons (Fsp3) is 0.148. The fourth-order valence-electron chi connectivity index (χ4n) is 4.24. The van der Waals surface area contributed by atoms with Crippen molar-refractivity contribution >= 4 is 33.8 Å². The molecule has 10 heteroatoms. The van der Waals surface area contributed by atoms with Gasteiger partial charge in [0, 0.05) is 47.9 Å². The van der Waals surface area contributed by atoms with Crippen molar-refractivity contribution in [3.63, 3.8) is 0 Å². The van der Waals surface area contributed by atoms with Gasteiger partial charge in [-0.1, -0.05) is 19.9 Å². The van der Waals surface area contributed by atoms with Crippen LogP contribution < -0.4 is 5.32 Å². The Kier molecular flexibility index (Phi) is 5.61. The Hall–Kier alpha value is -4.99. The summed E-state index contributed by atoms with van der Waals surface area (Å²) in [6.07, 6.45) is 9.07. The highest BCUT2D eigenvalue weighted by molar-refractivity contribution is 5.95. The lowest BCUT2D eigenvalue weighted by atomic mass is 10.1. The van der Waals surface area contributed by atoms with Crippen LogP contribution in [0.1, 0.15) is 20.3 Å². The van der Waals surface area contributed by atoms with Crippen molar-refractivity contribution in [2.45, 2.75) is 20.3 Å². The van der Waals surface area contributed by atoms with Crippen LogP contribution >= 0.6 is 0 Å². The Morgan fingerprint density at radius 1 is 1.00 bits per heavy atom. The second kappa shape index (κ2) is 9.23. The van der Waals surface area contributed by atoms with E-state index in [-0.39, 0.29) is 11.8 Å². The van der Waals surface area contributed by atoms with Gasteiger partial charge in [0.15, 0.2) is 17.2 Å². The first-order chi connectivity index (χ1) is 18.0. The molecular weight excluding hydrogens is 466 g/mol. The number of nitrogens with zero attached hydrogens (tertiary/aromatic N) is 6. The highest BCUT2D eigenvalue weighted by Gasteiger charge is 2.17. The summed E-state index contributed by atoms with van der Waals surface area (Å²) in [5.74, 6) is 0.787. The molecule has 6 aromatic heterocycles. The minimum Gasteiger partial charge on any atom is -0.335 e. The quantitative estimate of drug-likeness (QED) is 0.299. The maximum Gasteiger partial charge on any atom is 0.224 e. The van der Waals surface area contributed by atoms with Gasteiger partial charge in [0.1, 0.15) is 5.52 Å². The van der Waals surface area contributed by atoms with E-state index in [1.54, 1.807) is 31.0 Å². The lowest BCUT2D eigenvalue weighted by Crippen LogP contribution is -2.14. The molecule has 0 aliphatic carbocycles. The lowest BCUT2D eigenvalue weighted by Gasteiger charge is -2.08. The summed E-state index contributed by atoms with van der Waals surface area (Å²) >= 11 is 0. The van der Waals surface area contributed by atoms with E-state index in [9.17, 15) is 4.79 Å². The van der Waals surface area contributed by atoms with E-state index in [0.717, 1.165) is 27.7 Å². The Morgan fingerprint density at radius 2 is 1.89 bits per heavy atom. The largest absolute Gasteiger partial charge is 0.335 e. The van der Waals surface area contributed by atoms with Gasteiger partial charge in [-0.15, -0.1) is 0 Å². The highest BCUT2D eigenvalue weighted by Crippen LogP contribution is 2.31. The zero-order valence-electron chi connectivity index (χ0n) is 20.2. The molecule has 0 radical (unpaired) electrons. The number of hydrogen-bond donors (Lipinski definition) is 3. The molecule has 0 saturated heterocycles. The molecule has 3 N–H and O–H groups in total. The van der Waals surface area contributed by atoms with Crippen molar-refractivity contribution in [3.8, 4) is 33.9 Å². The average molecular weight is 490 g/mol. The second-order valence-electron chi connectivity index (χ2n) is 9.16. The summed E-state index contributed by atoms with van der Waals surface area (Å²) in [5.41, 5.74) is 7.42. The van der Waals surface area contributed by atoms with Crippen molar-refractivity contribution in [3.05, 3.63) is 67.4 Å². The minimum atomic E-state index is -0.0429. The number of pyridine rings is 4. The number of amides is 1. The van der Waals surface area contributed by atoms with Crippen LogP contribution in [0.15, 0.2) is 67.4 Å². The van der Waals surface area contributed by atoms with Crippen LogP contribution in [0.25, 0.3) is 56.1 Å². The van der Waals surface area contributed by atoms with Crippen LogP contribution in [0.5, 0.6) is 0 Å². The molecule has 0 fully saturated rings. The number of hydrogen-bond acceptors (Lipinski definition) is 7. The summed E-state index contributed by atoms with van der Waals surface area (Å²) in [6, 6.07) is 11.5. The van der Waals surface area contributed by atoms with Gasteiger partial charge < -0.3 is 10.3 Å². The summed E-state index contributed by atoms with van der Waals surface area (Å²) in [5, 5.41) is 10.4. The van der Waals surface area contributed by atoms with Crippen molar-refractivity contribution in [1.82, 2.24) is 40.1 Å². The third-order valence-corrected chi connectivity index (χ3v) is 5.91. The lowest BCUT2D eigenvalue weighted by molar-refractivity contribution is -0.116. The van der Waals surface area contributed by atoms with Gasteiger partial charge in [-0.3, -0.25) is 19.9 Å². The summed E-state index contributed by atoms with van der Waals surface area (Å²) < 4.78 is 0. The molecule has 6 heterocycles. The number of rotatable bonds is 6. The Morgan fingerprint density at radius 3 is 2.73 bits per heavy atom. The average Bonchev–Trinajstić information content (AvgIpc) is 3.52. The molecule has 0 aliphatic heterocycles. The Labute approximate surface area is 211 Å². The number of aromatic amines is 2. The second-order valence-corrected chi connectivity index (χ2v) is 9.16. The first kappa shape index (κ1) is 22.5. The summed E-state index contributed by atoms with van der Waals surface area (Å²) in [6.45, 7) is 4.02. The number of aromatic nitrogens is 8. The van der Waals surface area contributed by atoms with Crippen LogP contribution in [0.4, 0.5) is 5.69 Å². The van der Waals surface area contributed by atoms with E-state index >= 15 is 0 Å². The van der Waals surface area contributed by atoms with Gasteiger partial charge in [-0.25, -0.2) is 15.0 Å². The monoisotopic (exact) mass is 489 g/mol. The number of H-pyrrole nitrogens is 2. The van der Waals surface area contributed by atoms with E-state index in [1.165, 1.54) is 0 Å². The van der Waals surface area contributed by atoms with Gasteiger partial charge in [0.2, 0.25) is 5.91 Å². The van der Waals surface area contributed by atoms with Crippen LogP contribution in [0, 0.1) is 5.92 Å². The number of anilines is 1. The van der Waals surface area contributed by atoms with Gasteiger partial charge in [0.05, 0.1) is 28.6 Å². The van der Waals surface area contributed by atoms with E-state index in [2.05, 4.69) is 35.5 Å². The maximum atomic E-state index is 12.2. The predicted octanol–water partition coefficient (Wildman–Crippen LogP) is 5.00. The zero-order chi connectivity index (χ0) is 25.4. The molecule has 0 aromatic carbocycles. The van der Waals surface area contributed by atoms with Crippen LogP contribution in [-0.4, -0.2) is 46.0 Å². The van der Waals surface area contributed by atoms with E-state index < -0.39 is 0 Å². The molecule has 0 atom stereocenters. The van der Waals surface area contributed by atoms with Crippen molar-refractivity contribution in [2.75, 3.05) is 5.32 Å². The molecule has 0 bridgehead atoms. The molecule has 10 nitrogen and oxygen atoms in total. The first-order valence-corrected chi connectivity index (χ1v) is 11.9. The van der Waals surface area contributed by atoms with Gasteiger partial charge in [0.25, 0.3) is 0 Å². The van der Waals surface area contributed by atoms with Crippen molar-refractivity contribution in [2.24, 2.45) is 5.92 Å². The molecule has 37 heavy (non-hydrogen) atoms. The molecule has 0 spiro atoms. The first-order valence-electron chi connectivity index (χ1n) is 11.9. The standard InChI is InChI=1S/C27H23N9O/c1-15(2)10-22(37)31-18-11-17(13-29-14-18)20-5-6-21-24(32-20)25(36-35-21)27-33-23-19(7-9-30-26(23)34-27)16-4-3-8-28-12-16/h3-9,11-15H,10H2,1-2H3,(H,31,37)(H,35,36)(H,30,33,34). The predicted molar refractivity (Wildman–Crippen MR) is 141 cm³/mol. The van der Waals surface area contributed by atoms with E-state index in [1.807, 2.05) is 50.2 Å². The fourth-order valence-corrected chi connectivity index (χ4v) is 4.24. The molecule has 6 rings (SSSR count). The molecule has 0 saturated carbocycles. The molecule has 1 amide bonds. The number of imidazole rings is 1. The van der Waals surface area contributed by atoms with Crippen LogP contribution in [-0.2, 0) is 4.79 Å². The molecule has 0 unspecified atom stereocenters. The third-order valence-electron chi connectivity index (χ3n) is 5.91. The zero-order valence-corrected chi connectivity index (χ0v) is 20.2. The smallest absolute Gasteiger partial charge is 0.224 e. The Bertz CT molecular complexity index is 1740. The number of fused-ring (bicyclic) bond motifs is 2. The summed E-state index contributed by atoms with van der Waals surface area (Å²) in [4.78, 5) is 38.1. The van der Waals surface area contributed by atoms with Crippen molar-refractivity contribution < 1.29 is 4.79 Å². The van der Waals surface area contributed by atoms with Gasteiger partial charge in [-0.2, -0.15) is 5.10 Å². The highest BCUT2D eigenvalue weighted by atomic mass is 16.1. The van der Waals surface area contributed by atoms with Gasteiger partial charge >= 0.3 is 0 Å². The van der Waals surface area contributed by atoms with Crippen LogP contribution in [0.3, 0.4) is 0 Å². The molecule has 0 aliphatic rings. The number of carbonyl (C=O) groups is 1. The SMILES string of the molecule is CC(C)CC(=O)Nc1cncc(-c2ccc3[nH]nc(-c4nc5nccc(-c6cccnc6)c5[nH]4)c3n2)c1. The maximum absolute atomic E-state index is 12.2. The van der Waals surface area contributed by atoms with Crippen LogP contribution in [0.2, 0.25) is 0 Å². The Balaban J connectivity index is 1.38. The number of nitrogens with one attached hydrogen (secondary N) is 3. The normalized spacial score (nSPS) is 11.4. The summed E-state index contributed by atoms with van der Waals surface area (Å²) in [7, 11) is 0.